The number of nitrogens with one attached hydrogen (secondary N) is 2. The van der Waals surface area contributed by atoms with Gasteiger partial charge in [-0.2, -0.15) is 0 Å². The number of amides is 1. The number of hydrogen-bond acceptors (Lipinski definition) is 3. The van der Waals surface area contributed by atoms with Gasteiger partial charge >= 0.3 is 0 Å². The Bertz CT molecular complexity index is 1050. The van der Waals surface area contributed by atoms with Crippen molar-refractivity contribution in [3.8, 4) is 11.4 Å². The van der Waals surface area contributed by atoms with Crippen LogP contribution < -0.4 is 5.32 Å². The van der Waals surface area contributed by atoms with Gasteiger partial charge in [0, 0.05) is 22.2 Å². The number of H-pyrrole nitrogens is 1. The highest BCUT2D eigenvalue weighted by Crippen LogP contribution is 2.22. The number of aryl methyl sites for hydroxylation is 1. The summed E-state index contributed by atoms with van der Waals surface area (Å²) in [6.45, 7) is 1.99. The number of aromatic nitrogens is 3. The first-order chi connectivity index (χ1) is 12.7. The van der Waals surface area contributed by atoms with Crippen LogP contribution >= 0.6 is 0 Å². The summed E-state index contributed by atoms with van der Waals surface area (Å²) in [5.41, 5.74) is 4.60. The van der Waals surface area contributed by atoms with Crippen molar-refractivity contribution in [2.45, 2.75) is 13.3 Å². The van der Waals surface area contributed by atoms with Gasteiger partial charge in [-0.1, -0.05) is 48.5 Å². The van der Waals surface area contributed by atoms with Crippen LogP contribution in [0.3, 0.4) is 0 Å². The Labute approximate surface area is 151 Å². The molecule has 0 saturated carbocycles. The highest BCUT2D eigenvalue weighted by atomic mass is 16.1. The molecule has 0 unspecified atom stereocenters. The van der Waals surface area contributed by atoms with Crippen LogP contribution in [0.1, 0.15) is 11.3 Å². The van der Waals surface area contributed by atoms with Gasteiger partial charge in [0.15, 0.2) is 5.82 Å². The summed E-state index contributed by atoms with van der Waals surface area (Å²) in [7, 11) is 0. The zero-order valence-corrected chi connectivity index (χ0v) is 14.4. The third-order valence-corrected chi connectivity index (χ3v) is 4.33. The first-order valence-electron chi connectivity index (χ1n) is 8.44. The van der Waals surface area contributed by atoms with E-state index >= 15 is 0 Å². The quantitative estimate of drug-likeness (QED) is 0.586. The molecular formula is C21H18N4O. The molecule has 0 spiro atoms. The fourth-order valence-electron chi connectivity index (χ4n) is 3.06. The number of anilines is 1. The van der Waals surface area contributed by atoms with Gasteiger partial charge in [-0.05, 0) is 18.6 Å². The molecule has 0 bridgehead atoms. The molecular weight excluding hydrogens is 324 g/mol. The van der Waals surface area contributed by atoms with Crippen LogP contribution in [0.5, 0.6) is 0 Å². The molecule has 5 nitrogen and oxygen atoms in total. The average molecular weight is 342 g/mol. The van der Waals surface area contributed by atoms with E-state index in [1.54, 1.807) is 12.4 Å². The Balaban J connectivity index is 1.49. The minimum Gasteiger partial charge on any atom is -0.358 e. The highest BCUT2D eigenvalue weighted by Gasteiger charge is 2.12. The zero-order valence-electron chi connectivity index (χ0n) is 14.4. The van der Waals surface area contributed by atoms with E-state index in [1.165, 1.54) is 0 Å². The highest BCUT2D eigenvalue weighted by molar-refractivity contribution is 5.96. The van der Waals surface area contributed by atoms with E-state index in [0.29, 0.717) is 17.9 Å². The molecule has 0 atom stereocenters. The van der Waals surface area contributed by atoms with E-state index in [4.69, 9.17) is 0 Å². The fourth-order valence-corrected chi connectivity index (χ4v) is 3.06. The summed E-state index contributed by atoms with van der Waals surface area (Å²) in [4.78, 5) is 24.4. The molecule has 2 N–H and O–H groups in total. The first kappa shape index (κ1) is 16.0. The summed E-state index contributed by atoms with van der Waals surface area (Å²) in [5, 5.41) is 3.95. The Kier molecular flexibility index (Phi) is 4.19. The second-order valence-corrected chi connectivity index (χ2v) is 6.16. The second kappa shape index (κ2) is 6.80. The number of carbonyl (C=O) groups is 1. The van der Waals surface area contributed by atoms with Crippen LogP contribution in [0.2, 0.25) is 0 Å². The molecule has 4 aromatic rings. The Hall–Kier alpha value is -3.47. The van der Waals surface area contributed by atoms with Crippen LogP contribution in [0.4, 0.5) is 5.69 Å². The second-order valence-electron chi connectivity index (χ2n) is 6.16. The van der Waals surface area contributed by atoms with E-state index in [2.05, 4.69) is 20.3 Å². The number of aromatic amines is 1. The number of hydrogen-bond donors (Lipinski definition) is 2. The molecule has 0 aliphatic carbocycles. The topological polar surface area (TPSA) is 70.7 Å². The van der Waals surface area contributed by atoms with Gasteiger partial charge in [0.05, 0.1) is 24.5 Å². The molecule has 0 aliphatic heterocycles. The van der Waals surface area contributed by atoms with E-state index < -0.39 is 0 Å². The maximum atomic E-state index is 12.5. The number of fused-ring (bicyclic) bond motifs is 1. The maximum Gasteiger partial charge on any atom is 0.228 e. The van der Waals surface area contributed by atoms with E-state index in [-0.39, 0.29) is 5.91 Å². The molecule has 5 heteroatoms. The van der Waals surface area contributed by atoms with Crippen molar-refractivity contribution in [2.24, 2.45) is 0 Å². The number of carbonyl (C=O) groups excluding carboxylic acids is 1. The van der Waals surface area contributed by atoms with E-state index in [0.717, 1.165) is 27.7 Å². The Morgan fingerprint density at radius 2 is 1.69 bits per heavy atom. The first-order valence-corrected chi connectivity index (χ1v) is 8.44. The van der Waals surface area contributed by atoms with Crippen LogP contribution in [-0.4, -0.2) is 20.9 Å². The molecule has 0 fully saturated rings. The summed E-state index contributed by atoms with van der Waals surface area (Å²) in [5.74, 6) is 0.546. The van der Waals surface area contributed by atoms with Gasteiger partial charge in [-0.25, -0.2) is 9.97 Å². The average Bonchev–Trinajstić information content (AvgIpc) is 2.98. The van der Waals surface area contributed by atoms with Crippen LogP contribution in [0.25, 0.3) is 22.3 Å². The van der Waals surface area contributed by atoms with Crippen molar-refractivity contribution in [1.29, 1.82) is 0 Å². The van der Waals surface area contributed by atoms with Crippen LogP contribution in [0.15, 0.2) is 67.0 Å². The third-order valence-electron chi connectivity index (χ3n) is 4.33. The minimum absolute atomic E-state index is 0.0890. The van der Waals surface area contributed by atoms with E-state index in [9.17, 15) is 4.79 Å². The van der Waals surface area contributed by atoms with Crippen molar-refractivity contribution < 1.29 is 4.79 Å². The fraction of sp³-hybridized carbons (Fsp3) is 0.0952. The molecule has 26 heavy (non-hydrogen) atoms. The molecule has 128 valence electrons. The number of nitrogens with zero attached hydrogens (tertiary/aromatic N) is 2. The monoisotopic (exact) mass is 342 g/mol. The molecule has 0 radical (unpaired) electrons. The van der Waals surface area contributed by atoms with Gasteiger partial charge in [-0.15, -0.1) is 0 Å². The van der Waals surface area contributed by atoms with Crippen LogP contribution in [-0.2, 0) is 11.2 Å². The minimum atomic E-state index is -0.0890. The Morgan fingerprint density at radius 1 is 1.00 bits per heavy atom. The lowest BCUT2D eigenvalue weighted by atomic mass is 10.1. The third kappa shape index (κ3) is 3.19. The molecule has 0 aliphatic rings. The predicted molar refractivity (Wildman–Crippen MR) is 103 cm³/mol. The number of benzene rings is 2. The SMILES string of the molecule is Cc1[nH]c2ccccc2c1CC(=O)Nc1cnc(-c2ccccc2)nc1. The molecule has 2 heterocycles. The standard InChI is InChI=1S/C21H18N4O/c1-14-18(17-9-5-6-10-19(17)24-14)11-20(26)25-16-12-22-21(23-13-16)15-7-3-2-4-8-15/h2-10,12-13,24H,11H2,1H3,(H,25,26). The number of para-hydroxylation sites is 1. The van der Waals surface area contributed by atoms with Gasteiger partial charge in [0.25, 0.3) is 0 Å². The van der Waals surface area contributed by atoms with Gasteiger partial charge in [-0.3, -0.25) is 4.79 Å². The molecule has 4 rings (SSSR count). The normalized spacial score (nSPS) is 10.8. The maximum absolute atomic E-state index is 12.5. The van der Waals surface area contributed by atoms with Gasteiger partial charge < -0.3 is 10.3 Å². The van der Waals surface area contributed by atoms with Crippen molar-refractivity contribution in [3.63, 3.8) is 0 Å². The van der Waals surface area contributed by atoms with Crippen molar-refractivity contribution in [1.82, 2.24) is 15.0 Å². The lowest BCUT2D eigenvalue weighted by Gasteiger charge is -2.06. The molecule has 0 saturated heterocycles. The van der Waals surface area contributed by atoms with Crippen LogP contribution in [0, 0.1) is 6.92 Å². The largest absolute Gasteiger partial charge is 0.358 e. The predicted octanol–water partition coefficient (Wildman–Crippen LogP) is 4.11. The molecule has 1 amide bonds. The summed E-state index contributed by atoms with van der Waals surface area (Å²) in [6.07, 6.45) is 3.57. The summed E-state index contributed by atoms with van der Waals surface area (Å²) >= 11 is 0. The lowest BCUT2D eigenvalue weighted by molar-refractivity contribution is -0.115. The van der Waals surface area contributed by atoms with Crippen molar-refractivity contribution in [3.05, 3.63) is 78.2 Å². The Morgan fingerprint density at radius 3 is 2.46 bits per heavy atom. The molecule has 2 aromatic carbocycles. The number of rotatable bonds is 4. The lowest BCUT2D eigenvalue weighted by Crippen LogP contribution is -2.15. The van der Waals surface area contributed by atoms with Crippen molar-refractivity contribution >= 4 is 22.5 Å². The summed E-state index contributed by atoms with van der Waals surface area (Å²) < 4.78 is 0. The molecule has 2 aromatic heterocycles. The van der Waals surface area contributed by atoms with Gasteiger partial charge in [0.1, 0.15) is 0 Å². The zero-order chi connectivity index (χ0) is 17.9. The smallest absolute Gasteiger partial charge is 0.228 e. The van der Waals surface area contributed by atoms with E-state index in [1.807, 2.05) is 61.5 Å². The summed E-state index contributed by atoms with van der Waals surface area (Å²) in [6, 6.07) is 17.7. The van der Waals surface area contributed by atoms with Gasteiger partial charge in [0.2, 0.25) is 5.91 Å². The van der Waals surface area contributed by atoms with Crippen molar-refractivity contribution in [2.75, 3.05) is 5.32 Å².